The van der Waals surface area contributed by atoms with Gasteiger partial charge in [-0.3, -0.25) is 0 Å². The zero-order chi connectivity index (χ0) is 13.5. The minimum absolute atomic E-state index is 0.0278. The van der Waals surface area contributed by atoms with Crippen LogP contribution in [0.1, 0.15) is 0 Å². The lowest BCUT2D eigenvalue weighted by molar-refractivity contribution is -0.387. The largest absolute Gasteiger partial charge is 0.426 e. The molecule has 1 aliphatic rings. The number of halogens is 8. The van der Waals surface area contributed by atoms with E-state index in [9.17, 15) is 35.1 Å². The second-order valence-electron chi connectivity index (χ2n) is 3.31. The average Bonchev–Trinajstić information content (AvgIpc) is 2.95. The molecule has 2 atom stereocenters. The van der Waals surface area contributed by atoms with Crippen LogP contribution in [0.2, 0.25) is 0 Å². The maximum absolute atomic E-state index is 12.6. The number of hydrogen-bond acceptors (Lipinski definition) is 2. The molecule has 1 heterocycles. The molecule has 0 bridgehead atoms. The topological polar surface area (TPSA) is 21.8 Å². The van der Waals surface area contributed by atoms with E-state index in [1.807, 2.05) is 0 Å². The van der Waals surface area contributed by atoms with Crippen LogP contribution in [0, 0.1) is 0 Å². The molecule has 17 heavy (non-hydrogen) atoms. The van der Waals surface area contributed by atoms with E-state index in [1.54, 1.807) is 0 Å². The summed E-state index contributed by atoms with van der Waals surface area (Å²) >= 11 is 0. The van der Waals surface area contributed by atoms with Crippen LogP contribution < -0.4 is 0 Å². The zero-order valence-electron chi connectivity index (χ0n) is 7.91. The summed E-state index contributed by atoms with van der Waals surface area (Å²) in [4.78, 5) is 0. The van der Waals surface area contributed by atoms with Gasteiger partial charge in [0.1, 0.15) is 6.10 Å². The monoisotopic (exact) mass is 274 g/mol. The van der Waals surface area contributed by atoms with Crippen molar-refractivity contribution < 1.29 is 44.6 Å². The lowest BCUT2D eigenvalue weighted by atomic mass is 10.2. The summed E-state index contributed by atoms with van der Waals surface area (Å²) in [5.41, 5.74) is 0. The summed E-state index contributed by atoms with van der Waals surface area (Å²) in [5.74, 6) is -6.00. The van der Waals surface area contributed by atoms with E-state index in [0.29, 0.717) is 0 Å². The molecule has 0 aliphatic carbocycles. The molecule has 1 aliphatic heterocycles. The molecule has 1 rings (SSSR count). The molecule has 2 unspecified atom stereocenters. The fourth-order valence-electron chi connectivity index (χ4n) is 0.811. The first-order valence-corrected chi connectivity index (χ1v) is 4.20. The number of epoxide rings is 1. The summed E-state index contributed by atoms with van der Waals surface area (Å²) in [6, 6.07) is 0. The van der Waals surface area contributed by atoms with Gasteiger partial charge in [-0.15, -0.1) is 0 Å². The van der Waals surface area contributed by atoms with Gasteiger partial charge in [0.05, 0.1) is 13.2 Å². The minimum atomic E-state index is -6.10. The molecule has 102 valence electrons. The molecule has 0 aromatic rings. The van der Waals surface area contributed by atoms with Gasteiger partial charge in [0.25, 0.3) is 6.17 Å². The first-order valence-electron chi connectivity index (χ1n) is 4.20. The Bertz CT molecular complexity index is 272. The zero-order valence-corrected chi connectivity index (χ0v) is 7.91. The van der Waals surface area contributed by atoms with Crippen molar-refractivity contribution >= 4 is 0 Å². The van der Waals surface area contributed by atoms with Crippen molar-refractivity contribution in [2.24, 2.45) is 0 Å². The third-order valence-electron chi connectivity index (χ3n) is 1.85. The molecular weight excluding hydrogens is 268 g/mol. The molecule has 2 nitrogen and oxygen atoms in total. The first-order chi connectivity index (χ1) is 7.48. The maximum atomic E-state index is 12.6. The number of alkyl halides is 8. The Labute approximate surface area is 89.5 Å². The second-order valence-corrected chi connectivity index (χ2v) is 3.31. The summed E-state index contributed by atoms with van der Waals surface area (Å²) in [7, 11) is 0. The Kier molecular flexibility index (Phi) is 3.59. The first kappa shape index (κ1) is 14.4. The van der Waals surface area contributed by atoms with Crippen LogP contribution in [0.15, 0.2) is 0 Å². The van der Waals surface area contributed by atoms with Crippen molar-refractivity contribution in [3.8, 4) is 0 Å². The standard InChI is InChI=1S/C7H6F8O2/c8-4(6(11,12)13)5(9,10)7(14,15)17-2-3-1-16-3/h3-4H,1-2H2. The van der Waals surface area contributed by atoms with Gasteiger partial charge in [0, 0.05) is 0 Å². The predicted molar refractivity (Wildman–Crippen MR) is 36.5 cm³/mol. The van der Waals surface area contributed by atoms with Gasteiger partial charge >= 0.3 is 18.2 Å². The van der Waals surface area contributed by atoms with E-state index >= 15 is 0 Å². The average molecular weight is 274 g/mol. The molecule has 0 aromatic heterocycles. The van der Waals surface area contributed by atoms with Crippen LogP contribution in [-0.2, 0) is 9.47 Å². The van der Waals surface area contributed by atoms with Gasteiger partial charge in [0.2, 0.25) is 0 Å². The van der Waals surface area contributed by atoms with Gasteiger partial charge in [0.15, 0.2) is 0 Å². The van der Waals surface area contributed by atoms with Crippen LogP contribution >= 0.6 is 0 Å². The summed E-state index contributed by atoms with van der Waals surface area (Å²) in [6.07, 6.45) is -17.5. The van der Waals surface area contributed by atoms with E-state index in [1.165, 1.54) is 0 Å². The van der Waals surface area contributed by atoms with Crippen molar-refractivity contribution in [1.29, 1.82) is 0 Å². The summed E-state index contributed by atoms with van der Waals surface area (Å²) < 4.78 is 105. The summed E-state index contributed by atoms with van der Waals surface area (Å²) in [6.45, 7) is -1.06. The Balaban J connectivity index is 2.70. The van der Waals surface area contributed by atoms with Crippen molar-refractivity contribution in [1.82, 2.24) is 0 Å². The molecule has 0 saturated carbocycles. The normalized spacial score (nSPS) is 23.6. The van der Waals surface area contributed by atoms with Gasteiger partial charge < -0.3 is 9.47 Å². The van der Waals surface area contributed by atoms with E-state index < -0.39 is 37.1 Å². The minimum Gasteiger partial charge on any atom is -0.371 e. The molecule has 0 radical (unpaired) electrons. The molecule has 1 saturated heterocycles. The fraction of sp³-hybridized carbons (Fsp3) is 1.00. The van der Waals surface area contributed by atoms with Crippen LogP contribution in [0.5, 0.6) is 0 Å². The molecule has 1 fully saturated rings. The third kappa shape index (κ3) is 3.18. The van der Waals surface area contributed by atoms with E-state index in [-0.39, 0.29) is 6.61 Å². The molecule has 0 amide bonds. The van der Waals surface area contributed by atoms with Gasteiger partial charge in [-0.1, -0.05) is 0 Å². The lowest BCUT2D eigenvalue weighted by Crippen LogP contribution is -2.55. The van der Waals surface area contributed by atoms with Gasteiger partial charge in [-0.2, -0.15) is 30.7 Å². The Hall–Kier alpha value is -0.640. The van der Waals surface area contributed by atoms with Crippen LogP contribution in [0.4, 0.5) is 35.1 Å². The Morgan fingerprint density at radius 3 is 1.94 bits per heavy atom. The highest BCUT2D eigenvalue weighted by Crippen LogP contribution is 2.45. The third-order valence-corrected chi connectivity index (χ3v) is 1.85. The second kappa shape index (κ2) is 4.23. The predicted octanol–water partition coefficient (Wildman–Crippen LogP) is 2.53. The van der Waals surface area contributed by atoms with Gasteiger partial charge in [-0.05, 0) is 0 Å². The highest BCUT2D eigenvalue weighted by molar-refractivity contribution is 4.90. The molecule has 0 N–H and O–H groups in total. The van der Waals surface area contributed by atoms with Crippen LogP contribution in [0.3, 0.4) is 0 Å². The Morgan fingerprint density at radius 1 is 1.12 bits per heavy atom. The fourth-order valence-corrected chi connectivity index (χ4v) is 0.811. The van der Waals surface area contributed by atoms with Crippen molar-refractivity contribution in [2.75, 3.05) is 13.2 Å². The molecule has 10 heteroatoms. The van der Waals surface area contributed by atoms with Crippen molar-refractivity contribution in [3.63, 3.8) is 0 Å². The van der Waals surface area contributed by atoms with Crippen LogP contribution in [-0.4, -0.2) is 43.7 Å². The molecule has 0 aromatic carbocycles. The molecular formula is C7H6F8O2. The highest BCUT2D eigenvalue weighted by atomic mass is 19.4. The van der Waals surface area contributed by atoms with Gasteiger partial charge in [-0.25, -0.2) is 4.39 Å². The van der Waals surface area contributed by atoms with E-state index in [0.717, 1.165) is 0 Å². The summed E-state index contributed by atoms with van der Waals surface area (Å²) in [5, 5.41) is 0. The lowest BCUT2D eigenvalue weighted by Gasteiger charge is -2.29. The quantitative estimate of drug-likeness (QED) is 0.567. The Morgan fingerprint density at radius 2 is 1.59 bits per heavy atom. The van der Waals surface area contributed by atoms with Crippen LogP contribution in [0.25, 0.3) is 0 Å². The highest BCUT2D eigenvalue weighted by Gasteiger charge is 2.71. The van der Waals surface area contributed by atoms with Crippen molar-refractivity contribution in [2.45, 2.75) is 30.5 Å². The molecule has 0 spiro atoms. The van der Waals surface area contributed by atoms with E-state index in [2.05, 4.69) is 9.47 Å². The maximum Gasteiger partial charge on any atom is 0.426 e. The number of hydrogen-bond donors (Lipinski definition) is 0. The smallest absolute Gasteiger partial charge is 0.371 e. The van der Waals surface area contributed by atoms with E-state index in [4.69, 9.17) is 0 Å². The number of rotatable bonds is 5. The SMILES string of the molecule is FC(C(F)(F)F)C(F)(F)C(F)(F)OCC1CO1. The number of ether oxygens (including phenoxy) is 2. The van der Waals surface area contributed by atoms with Crippen molar-refractivity contribution in [3.05, 3.63) is 0 Å².